The van der Waals surface area contributed by atoms with E-state index in [9.17, 15) is 9.59 Å². The van der Waals surface area contributed by atoms with Crippen molar-refractivity contribution in [3.05, 3.63) is 34.9 Å². The highest BCUT2D eigenvalue weighted by Gasteiger charge is 2.34. The summed E-state index contributed by atoms with van der Waals surface area (Å²) in [5, 5.41) is 9.07. The van der Waals surface area contributed by atoms with Gasteiger partial charge in [0.2, 0.25) is 5.91 Å². The summed E-state index contributed by atoms with van der Waals surface area (Å²) in [4.78, 5) is 24.7. The lowest BCUT2D eigenvalue weighted by Crippen LogP contribution is -2.42. The maximum Gasteiger partial charge on any atom is 0.327 e. The number of benzene rings is 1. The van der Waals surface area contributed by atoms with Gasteiger partial charge in [0.1, 0.15) is 6.04 Å². The van der Waals surface area contributed by atoms with Crippen LogP contribution in [-0.4, -0.2) is 39.6 Å². The smallest absolute Gasteiger partial charge is 0.327 e. The van der Waals surface area contributed by atoms with E-state index >= 15 is 0 Å². The fourth-order valence-electron chi connectivity index (χ4n) is 2.08. The van der Waals surface area contributed by atoms with Crippen LogP contribution in [0.4, 0.5) is 0 Å². The Labute approximate surface area is 116 Å². The van der Waals surface area contributed by atoms with Gasteiger partial charge in [0.15, 0.2) is 0 Å². The molecule has 5 heteroatoms. The first-order chi connectivity index (χ1) is 8.99. The van der Waals surface area contributed by atoms with Gasteiger partial charge in [-0.25, -0.2) is 4.79 Å². The van der Waals surface area contributed by atoms with E-state index in [0.29, 0.717) is 11.6 Å². The van der Waals surface area contributed by atoms with Gasteiger partial charge in [0, 0.05) is 5.75 Å². The van der Waals surface area contributed by atoms with Gasteiger partial charge < -0.3 is 10.0 Å². The monoisotopic (exact) mass is 279 g/mol. The second kappa shape index (κ2) is 5.65. The van der Waals surface area contributed by atoms with E-state index in [1.165, 1.54) is 22.2 Å². The van der Waals surface area contributed by atoms with Crippen molar-refractivity contribution >= 4 is 23.6 Å². The van der Waals surface area contributed by atoms with Crippen molar-refractivity contribution in [3.63, 3.8) is 0 Å². The molecule has 1 saturated heterocycles. The second-order valence-corrected chi connectivity index (χ2v) is 5.81. The summed E-state index contributed by atoms with van der Waals surface area (Å²) in [5.74, 6) is -0.0756. The highest BCUT2D eigenvalue weighted by Crippen LogP contribution is 2.22. The minimum atomic E-state index is -0.918. The van der Waals surface area contributed by atoms with Crippen LogP contribution in [0.25, 0.3) is 0 Å². The molecular formula is C14H17NO3S. The SMILES string of the molecule is Cc1ccc(CC(=O)N2CSCC2C(=O)O)cc1C. The van der Waals surface area contributed by atoms with E-state index in [4.69, 9.17) is 5.11 Å². The number of carbonyl (C=O) groups excluding carboxylic acids is 1. The van der Waals surface area contributed by atoms with Crippen LogP contribution in [0.1, 0.15) is 16.7 Å². The molecule has 1 aromatic carbocycles. The summed E-state index contributed by atoms with van der Waals surface area (Å²) < 4.78 is 0. The molecule has 0 spiro atoms. The number of carboxylic acids is 1. The summed E-state index contributed by atoms with van der Waals surface area (Å²) >= 11 is 1.49. The standard InChI is InChI=1S/C14H17NO3S/c1-9-3-4-11(5-10(9)2)6-13(16)15-8-19-7-12(15)14(17)18/h3-5,12H,6-8H2,1-2H3,(H,17,18). The largest absolute Gasteiger partial charge is 0.480 e. The molecule has 1 aliphatic heterocycles. The van der Waals surface area contributed by atoms with Gasteiger partial charge in [-0.1, -0.05) is 18.2 Å². The van der Waals surface area contributed by atoms with Gasteiger partial charge >= 0.3 is 5.97 Å². The maximum absolute atomic E-state index is 12.2. The van der Waals surface area contributed by atoms with Crippen molar-refractivity contribution in [2.45, 2.75) is 26.3 Å². The van der Waals surface area contributed by atoms with Crippen molar-refractivity contribution in [1.29, 1.82) is 0 Å². The molecule has 1 unspecified atom stereocenters. The number of hydrogen-bond acceptors (Lipinski definition) is 3. The molecular weight excluding hydrogens is 262 g/mol. The molecule has 19 heavy (non-hydrogen) atoms. The summed E-state index contributed by atoms with van der Waals surface area (Å²) in [6.45, 7) is 4.04. The first-order valence-electron chi connectivity index (χ1n) is 6.15. The molecule has 2 rings (SSSR count). The van der Waals surface area contributed by atoms with Gasteiger partial charge in [-0.15, -0.1) is 11.8 Å². The molecule has 1 N–H and O–H groups in total. The number of aliphatic carboxylic acids is 1. The predicted octanol–water partition coefficient (Wildman–Crippen LogP) is 1.83. The Morgan fingerprint density at radius 1 is 1.37 bits per heavy atom. The third kappa shape index (κ3) is 3.10. The Kier molecular flexibility index (Phi) is 4.14. The molecule has 0 saturated carbocycles. The molecule has 0 radical (unpaired) electrons. The van der Waals surface area contributed by atoms with E-state index in [1.807, 2.05) is 32.0 Å². The number of carboxylic acid groups (broad SMARTS) is 1. The number of carbonyl (C=O) groups is 2. The third-order valence-corrected chi connectivity index (χ3v) is 4.43. The van der Waals surface area contributed by atoms with Gasteiger partial charge in [-0.2, -0.15) is 0 Å². The average molecular weight is 279 g/mol. The number of rotatable bonds is 3. The Morgan fingerprint density at radius 2 is 2.11 bits per heavy atom. The van der Waals surface area contributed by atoms with Gasteiger partial charge in [-0.3, -0.25) is 4.79 Å². The lowest BCUT2D eigenvalue weighted by atomic mass is 10.0. The van der Waals surface area contributed by atoms with E-state index in [-0.39, 0.29) is 12.3 Å². The number of hydrogen-bond donors (Lipinski definition) is 1. The number of nitrogens with zero attached hydrogens (tertiary/aromatic N) is 1. The fourth-order valence-corrected chi connectivity index (χ4v) is 3.25. The molecule has 1 fully saturated rings. The Hall–Kier alpha value is -1.49. The van der Waals surface area contributed by atoms with Crippen LogP contribution in [0.3, 0.4) is 0 Å². The molecule has 1 atom stereocenters. The van der Waals surface area contributed by atoms with Crippen molar-refractivity contribution < 1.29 is 14.7 Å². The topological polar surface area (TPSA) is 57.6 Å². The average Bonchev–Trinajstić information content (AvgIpc) is 2.83. The molecule has 1 amide bonds. The van der Waals surface area contributed by atoms with Crippen LogP contribution in [0, 0.1) is 13.8 Å². The minimum absolute atomic E-state index is 0.111. The molecule has 1 heterocycles. The normalized spacial score (nSPS) is 18.6. The zero-order valence-corrected chi connectivity index (χ0v) is 11.9. The molecule has 0 bridgehead atoms. The van der Waals surface area contributed by atoms with Crippen LogP contribution >= 0.6 is 11.8 Å². The van der Waals surface area contributed by atoms with E-state index in [2.05, 4.69) is 0 Å². The van der Waals surface area contributed by atoms with Gasteiger partial charge in [0.05, 0.1) is 12.3 Å². The lowest BCUT2D eigenvalue weighted by Gasteiger charge is -2.20. The summed E-state index contributed by atoms with van der Waals surface area (Å²) in [6.07, 6.45) is 0.269. The van der Waals surface area contributed by atoms with Crippen molar-refractivity contribution in [2.24, 2.45) is 0 Å². The fraction of sp³-hybridized carbons (Fsp3) is 0.429. The molecule has 4 nitrogen and oxygen atoms in total. The Bertz CT molecular complexity index is 515. The first-order valence-corrected chi connectivity index (χ1v) is 7.30. The number of amides is 1. The van der Waals surface area contributed by atoms with Crippen LogP contribution in [0.2, 0.25) is 0 Å². The number of aryl methyl sites for hydroxylation is 2. The van der Waals surface area contributed by atoms with Gasteiger partial charge in [-0.05, 0) is 30.5 Å². The third-order valence-electron chi connectivity index (χ3n) is 3.41. The summed E-state index contributed by atoms with van der Waals surface area (Å²) in [6, 6.07) is 5.24. The van der Waals surface area contributed by atoms with Crippen LogP contribution < -0.4 is 0 Å². The molecule has 1 aliphatic rings. The lowest BCUT2D eigenvalue weighted by molar-refractivity contribution is -0.147. The molecule has 102 valence electrons. The summed E-state index contributed by atoms with van der Waals surface area (Å²) in [5.41, 5.74) is 3.28. The molecule has 1 aromatic rings. The Balaban J connectivity index is 2.08. The van der Waals surface area contributed by atoms with Gasteiger partial charge in [0.25, 0.3) is 0 Å². The minimum Gasteiger partial charge on any atom is -0.480 e. The predicted molar refractivity (Wildman–Crippen MR) is 75.2 cm³/mol. The number of thioether (sulfide) groups is 1. The van der Waals surface area contributed by atoms with Crippen molar-refractivity contribution in [2.75, 3.05) is 11.6 Å². The maximum atomic E-state index is 12.2. The van der Waals surface area contributed by atoms with E-state index < -0.39 is 12.0 Å². The molecule has 0 aliphatic carbocycles. The van der Waals surface area contributed by atoms with Crippen LogP contribution in [0.15, 0.2) is 18.2 Å². The van der Waals surface area contributed by atoms with E-state index in [0.717, 1.165) is 11.1 Å². The zero-order valence-electron chi connectivity index (χ0n) is 11.0. The highest BCUT2D eigenvalue weighted by atomic mass is 32.2. The Morgan fingerprint density at radius 3 is 2.74 bits per heavy atom. The molecule has 0 aromatic heterocycles. The van der Waals surface area contributed by atoms with Crippen LogP contribution in [0.5, 0.6) is 0 Å². The summed E-state index contributed by atoms with van der Waals surface area (Å²) in [7, 11) is 0. The van der Waals surface area contributed by atoms with E-state index in [1.54, 1.807) is 0 Å². The second-order valence-electron chi connectivity index (χ2n) is 4.81. The first kappa shape index (κ1) is 13.9. The highest BCUT2D eigenvalue weighted by molar-refractivity contribution is 7.99. The van der Waals surface area contributed by atoms with Crippen LogP contribution in [-0.2, 0) is 16.0 Å². The quantitative estimate of drug-likeness (QED) is 0.917. The van der Waals surface area contributed by atoms with Crippen molar-refractivity contribution in [1.82, 2.24) is 4.90 Å². The zero-order chi connectivity index (χ0) is 14.0. The van der Waals surface area contributed by atoms with Crippen molar-refractivity contribution in [3.8, 4) is 0 Å².